The Hall–Kier alpha value is -4.20. The zero-order valence-corrected chi connectivity index (χ0v) is 35.5. The molecule has 57 heavy (non-hydrogen) atoms. The third-order valence-electron chi connectivity index (χ3n) is 10.2. The lowest BCUT2D eigenvalue weighted by atomic mass is 10.0. The number of carbonyl (C=O) groups is 4. The van der Waals surface area contributed by atoms with E-state index < -0.39 is 29.9 Å². The first kappa shape index (κ1) is 50.8. The molecule has 4 amide bonds. The molecule has 1 rings (SSSR count). The van der Waals surface area contributed by atoms with Gasteiger partial charge < -0.3 is 44.2 Å². The van der Waals surface area contributed by atoms with Crippen LogP contribution in [0.25, 0.3) is 0 Å². The van der Waals surface area contributed by atoms with Crippen molar-refractivity contribution in [2.24, 2.45) is 33.8 Å². The summed E-state index contributed by atoms with van der Waals surface area (Å²) in [6.07, 6.45) is 21.2. The van der Waals surface area contributed by atoms with E-state index in [1.807, 2.05) is 13.8 Å². The Balaban J connectivity index is 2.72. The van der Waals surface area contributed by atoms with Crippen LogP contribution in [-0.2, 0) is 25.7 Å². The summed E-state index contributed by atoms with van der Waals surface area (Å²) in [5.74, 6) is -1.99. The van der Waals surface area contributed by atoms with E-state index in [2.05, 4.69) is 33.2 Å². The molecule has 0 aromatic heterocycles. The maximum atomic E-state index is 13.7. The van der Waals surface area contributed by atoms with Crippen molar-refractivity contribution in [3.8, 4) is 0 Å². The molecule has 0 aliphatic heterocycles. The molecule has 0 aliphatic rings. The van der Waals surface area contributed by atoms with Gasteiger partial charge in [0.15, 0.2) is 5.96 Å². The number of rotatable bonds is 34. The van der Waals surface area contributed by atoms with Crippen molar-refractivity contribution in [2.45, 2.75) is 180 Å². The normalized spacial score (nSPS) is 12.6. The van der Waals surface area contributed by atoms with Crippen LogP contribution >= 0.6 is 0 Å². The second kappa shape index (κ2) is 31.8. The summed E-state index contributed by atoms with van der Waals surface area (Å²) in [7, 11) is 0. The second-order valence-electron chi connectivity index (χ2n) is 15.7. The number of benzene rings is 1. The van der Waals surface area contributed by atoms with Crippen LogP contribution in [0.2, 0.25) is 0 Å². The van der Waals surface area contributed by atoms with E-state index in [-0.39, 0.29) is 49.0 Å². The second-order valence-corrected chi connectivity index (χ2v) is 15.7. The van der Waals surface area contributed by atoms with Gasteiger partial charge in [-0.15, -0.1) is 0 Å². The van der Waals surface area contributed by atoms with Crippen LogP contribution in [0.5, 0.6) is 0 Å². The van der Waals surface area contributed by atoms with Crippen molar-refractivity contribution < 1.29 is 19.2 Å². The largest absolute Gasteiger partial charge is 0.384 e. The first-order chi connectivity index (χ1) is 27.4. The monoisotopic (exact) mass is 799 g/mol. The van der Waals surface area contributed by atoms with Gasteiger partial charge in [-0.2, -0.15) is 0 Å². The molecule has 1 unspecified atom stereocenters. The van der Waals surface area contributed by atoms with Crippen molar-refractivity contribution in [3.63, 3.8) is 0 Å². The van der Waals surface area contributed by atoms with Gasteiger partial charge in [0.25, 0.3) is 0 Å². The molecule has 1 aromatic rings. The number of amides is 4. The quantitative estimate of drug-likeness (QED) is 0.0256. The SMILES string of the molecule is CCCCCCCCCCCCCCCCCC(=O)N[C@@H](CCCN=C(N)N)C(=O)NC(C(=O)N[C@@H](CCCCN)C(=O)NCc1ccc(C(=N)N)cc1)C(C)C. The van der Waals surface area contributed by atoms with Gasteiger partial charge in [0, 0.05) is 25.1 Å². The fraction of sp³-hybridized carbons (Fsp3) is 0.721. The number of nitrogens with one attached hydrogen (secondary N) is 5. The van der Waals surface area contributed by atoms with Crippen LogP contribution in [0.1, 0.15) is 167 Å². The van der Waals surface area contributed by atoms with Gasteiger partial charge >= 0.3 is 0 Å². The highest BCUT2D eigenvalue weighted by molar-refractivity contribution is 5.95. The third-order valence-corrected chi connectivity index (χ3v) is 10.2. The van der Waals surface area contributed by atoms with E-state index in [9.17, 15) is 19.2 Å². The highest BCUT2D eigenvalue weighted by Gasteiger charge is 2.31. The molecule has 324 valence electrons. The number of nitrogen functional groups attached to an aromatic ring is 1. The topological polar surface area (TPSA) is 257 Å². The minimum Gasteiger partial charge on any atom is -0.384 e. The lowest BCUT2D eigenvalue weighted by molar-refractivity contribution is -0.134. The maximum Gasteiger partial charge on any atom is 0.243 e. The zero-order valence-electron chi connectivity index (χ0n) is 35.5. The molecule has 0 saturated carbocycles. The number of amidine groups is 1. The van der Waals surface area contributed by atoms with Crippen LogP contribution in [0.3, 0.4) is 0 Å². The highest BCUT2D eigenvalue weighted by atomic mass is 16.2. The van der Waals surface area contributed by atoms with E-state index in [1.165, 1.54) is 77.0 Å². The lowest BCUT2D eigenvalue weighted by Gasteiger charge is -2.27. The van der Waals surface area contributed by atoms with Gasteiger partial charge in [-0.3, -0.25) is 29.6 Å². The molecule has 0 aliphatic carbocycles. The third kappa shape index (κ3) is 24.9. The van der Waals surface area contributed by atoms with Crippen molar-refractivity contribution in [1.29, 1.82) is 5.41 Å². The Morgan fingerprint density at radius 2 is 1.18 bits per heavy atom. The van der Waals surface area contributed by atoms with Crippen molar-refractivity contribution in [1.82, 2.24) is 21.3 Å². The number of hydrogen-bond acceptors (Lipinski definition) is 7. The van der Waals surface area contributed by atoms with Crippen LogP contribution in [0, 0.1) is 11.3 Å². The van der Waals surface area contributed by atoms with E-state index in [0.717, 1.165) is 24.8 Å². The molecule has 0 fully saturated rings. The minimum atomic E-state index is -0.964. The molecule has 0 heterocycles. The van der Waals surface area contributed by atoms with Crippen molar-refractivity contribution >= 4 is 35.4 Å². The van der Waals surface area contributed by atoms with Crippen LogP contribution in [0.15, 0.2) is 29.3 Å². The fourth-order valence-electron chi connectivity index (χ4n) is 6.62. The molecule has 0 saturated heterocycles. The van der Waals surface area contributed by atoms with E-state index in [1.54, 1.807) is 24.3 Å². The standard InChI is InChI=1S/C43H78N10O4/c1-4-5-6-7-8-9-10-11-12-13-14-15-16-17-18-24-37(54)51-36(23-21-30-49-43(47)48)41(56)53-38(32(2)3)42(57)52-35(22-19-20-29-44)40(55)50-31-33-25-27-34(28-26-33)39(45)46/h25-28,32,35-36,38H,4-24,29-31,44H2,1-3H3,(H3,45,46)(H,50,55)(H,51,54)(H,52,57)(H,53,56)(H4,47,48,49)/t35-,36-,38?/m0/s1. The fourth-order valence-corrected chi connectivity index (χ4v) is 6.62. The number of guanidine groups is 1. The van der Waals surface area contributed by atoms with Crippen LogP contribution in [-0.4, -0.2) is 66.6 Å². The molecule has 0 radical (unpaired) electrons. The number of hydrogen-bond donors (Lipinski definition) is 9. The average Bonchev–Trinajstić information content (AvgIpc) is 3.18. The van der Waals surface area contributed by atoms with Gasteiger partial charge in [0.05, 0.1) is 0 Å². The summed E-state index contributed by atoms with van der Waals surface area (Å²) in [5.41, 5.74) is 23.6. The molecule has 3 atom stereocenters. The molecule has 13 N–H and O–H groups in total. The molecule has 14 nitrogen and oxygen atoms in total. The summed E-state index contributed by atoms with van der Waals surface area (Å²) in [6, 6.07) is 4.25. The van der Waals surface area contributed by atoms with E-state index >= 15 is 0 Å². The Morgan fingerprint density at radius 1 is 0.649 bits per heavy atom. The predicted octanol–water partition coefficient (Wildman–Crippen LogP) is 5.14. The Labute approximate surface area is 343 Å². The minimum absolute atomic E-state index is 0.0462. The summed E-state index contributed by atoms with van der Waals surface area (Å²) < 4.78 is 0. The average molecular weight is 799 g/mol. The summed E-state index contributed by atoms with van der Waals surface area (Å²) >= 11 is 0. The van der Waals surface area contributed by atoms with Crippen LogP contribution < -0.4 is 44.2 Å². The predicted molar refractivity (Wildman–Crippen MR) is 232 cm³/mol. The Kier molecular flexibility index (Phi) is 28.4. The smallest absolute Gasteiger partial charge is 0.243 e. The van der Waals surface area contributed by atoms with Gasteiger partial charge in [0.2, 0.25) is 23.6 Å². The van der Waals surface area contributed by atoms with Gasteiger partial charge in [-0.05, 0) is 56.6 Å². The summed E-state index contributed by atoms with van der Waals surface area (Å²) in [6.45, 7) is 6.82. The summed E-state index contributed by atoms with van der Waals surface area (Å²) in [5, 5.41) is 19.0. The maximum absolute atomic E-state index is 13.7. The van der Waals surface area contributed by atoms with Crippen LogP contribution in [0.4, 0.5) is 0 Å². The van der Waals surface area contributed by atoms with Gasteiger partial charge in [0.1, 0.15) is 24.0 Å². The zero-order chi connectivity index (χ0) is 42.3. The first-order valence-corrected chi connectivity index (χ1v) is 21.8. The van der Waals surface area contributed by atoms with Gasteiger partial charge in [-0.1, -0.05) is 135 Å². The number of nitrogens with two attached hydrogens (primary N) is 4. The molecule has 0 bridgehead atoms. The molecule has 0 spiro atoms. The van der Waals surface area contributed by atoms with Crippen molar-refractivity contribution in [2.75, 3.05) is 13.1 Å². The number of unbranched alkanes of at least 4 members (excludes halogenated alkanes) is 15. The summed E-state index contributed by atoms with van der Waals surface area (Å²) in [4.78, 5) is 57.8. The van der Waals surface area contributed by atoms with E-state index in [0.29, 0.717) is 44.2 Å². The van der Waals surface area contributed by atoms with Gasteiger partial charge in [-0.25, -0.2) is 0 Å². The van der Waals surface area contributed by atoms with E-state index in [4.69, 9.17) is 28.3 Å². The first-order valence-electron chi connectivity index (χ1n) is 21.8. The number of carbonyl (C=O) groups excluding carboxylic acids is 4. The Bertz CT molecular complexity index is 1320. The molecular weight excluding hydrogens is 721 g/mol. The number of nitrogens with zero attached hydrogens (tertiary/aromatic N) is 1. The molecule has 1 aromatic carbocycles. The van der Waals surface area contributed by atoms with Crippen molar-refractivity contribution in [3.05, 3.63) is 35.4 Å². The number of aliphatic imine (C=N–C) groups is 1. The highest BCUT2D eigenvalue weighted by Crippen LogP contribution is 2.14. The lowest BCUT2D eigenvalue weighted by Crippen LogP contribution is -2.58. The Morgan fingerprint density at radius 3 is 1.68 bits per heavy atom. The molecular formula is C43H78N10O4. The molecule has 14 heteroatoms.